The Labute approximate surface area is 571 Å². The molecule has 6 heteroatoms. The van der Waals surface area contributed by atoms with Crippen molar-refractivity contribution in [3.05, 3.63) is 302 Å². The lowest BCUT2D eigenvalue weighted by Gasteiger charge is -2.45. The van der Waals surface area contributed by atoms with Gasteiger partial charge in [0.1, 0.15) is 11.6 Å². The molecule has 6 nitrogen and oxygen atoms in total. The third kappa shape index (κ3) is 9.20. The maximum atomic E-state index is 16.4. The number of hydrogen-bond donors (Lipinski definition) is 0. The van der Waals surface area contributed by atoms with E-state index in [1.807, 2.05) is 0 Å². The Kier molecular flexibility index (Phi) is 13.4. The van der Waals surface area contributed by atoms with Gasteiger partial charge in [0, 0.05) is 62.6 Å². The minimum atomic E-state index is -0.131. The van der Waals surface area contributed by atoms with Crippen LogP contribution in [0.15, 0.2) is 291 Å². The molecular formula is C92H73N3O3. The molecule has 11 unspecified atom stereocenters. The van der Waals surface area contributed by atoms with Gasteiger partial charge in [-0.1, -0.05) is 194 Å². The van der Waals surface area contributed by atoms with Crippen LogP contribution in [0, 0.1) is 47.3 Å². The van der Waals surface area contributed by atoms with Gasteiger partial charge in [-0.25, -0.2) is 0 Å². The number of nitrogens with zero attached hydrogens (tertiary/aromatic N) is 3. The van der Waals surface area contributed by atoms with Crippen LogP contribution in [-0.4, -0.2) is 26.7 Å². The van der Waals surface area contributed by atoms with Gasteiger partial charge < -0.3 is 18.8 Å². The van der Waals surface area contributed by atoms with E-state index in [4.69, 9.17) is 4.74 Å². The van der Waals surface area contributed by atoms with E-state index in [1.165, 1.54) is 88.1 Å². The predicted molar refractivity (Wildman–Crippen MR) is 398 cm³/mol. The summed E-state index contributed by atoms with van der Waals surface area (Å²) in [6.45, 7) is 0. The van der Waals surface area contributed by atoms with Crippen LogP contribution in [0.2, 0.25) is 0 Å². The lowest BCUT2D eigenvalue weighted by Crippen LogP contribution is -2.41. The molecule has 2 aromatic heterocycles. The molecule has 11 atom stereocenters. The van der Waals surface area contributed by atoms with Crippen molar-refractivity contribution in [1.82, 2.24) is 9.13 Å². The second kappa shape index (κ2) is 22.9. The molecule has 5 saturated carbocycles. The zero-order chi connectivity index (χ0) is 64.7. The average molecular weight is 1270 g/mol. The Morgan fingerprint density at radius 3 is 1.19 bits per heavy atom. The number of rotatable bonds is 9. The summed E-state index contributed by atoms with van der Waals surface area (Å²) < 4.78 is 11.7. The van der Waals surface area contributed by atoms with E-state index in [0.29, 0.717) is 11.6 Å². The highest BCUT2D eigenvalue weighted by molar-refractivity contribution is 6.12. The van der Waals surface area contributed by atoms with Crippen LogP contribution in [-0.2, 0) is 9.59 Å². The van der Waals surface area contributed by atoms with Crippen LogP contribution in [0.5, 0.6) is 11.5 Å². The van der Waals surface area contributed by atoms with Crippen LogP contribution in [0.4, 0.5) is 11.4 Å². The quantitative estimate of drug-likeness (QED) is 0.145. The second-order valence-corrected chi connectivity index (χ2v) is 29.2. The average Bonchev–Trinajstić information content (AvgIpc) is 1.51. The highest BCUT2D eigenvalue weighted by Crippen LogP contribution is 2.66. The van der Waals surface area contributed by atoms with Gasteiger partial charge in [0.15, 0.2) is 11.5 Å². The monoisotopic (exact) mass is 1270 g/mol. The molecule has 98 heavy (non-hydrogen) atoms. The fourth-order valence-electron chi connectivity index (χ4n) is 20.2. The number of hydrogen-bond acceptors (Lipinski definition) is 4. The highest BCUT2D eigenvalue weighted by atomic mass is 16.5. The fourth-order valence-corrected chi connectivity index (χ4v) is 20.2. The summed E-state index contributed by atoms with van der Waals surface area (Å²) in [5, 5.41) is 4.92. The van der Waals surface area contributed by atoms with Gasteiger partial charge in [0.25, 0.3) is 0 Å². The second-order valence-electron chi connectivity index (χ2n) is 29.2. The molecule has 0 spiro atoms. The topological polar surface area (TPSA) is 56.5 Å². The lowest BCUT2D eigenvalue weighted by atomic mass is 9.60. The largest absolute Gasteiger partial charge is 0.453 e. The third-order valence-electron chi connectivity index (χ3n) is 24.4. The molecule has 14 aromatic rings. The first-order valence-electron chi connectivity index (χ1n) is 35.7. The van der Waals surface area contributed by atoms with E-state index in [0.717, 1.165) is 90.3 Å². The summed E-state index contributed by atoms with van der Waals surface area (Å²) in [6.07, 6.45) is 5.97. The Balaban J connectivity index is 0.698. The number of Topliss-reactive ketones (excluding diaryl/α,β-unsaturated/α-hetero) is 2. The SMILES string of the molecule is O=C1C2CC3C(CC2C2CC(N4c5cc(-c6ccccc6)ccc5Oc5ccc(-c6ccccc6)cc54)CCC12)C(=O)C1CC(c2ccc4c(c2)c2cc(-c5ccccc5)ccc2n4-c2ccccc2)CC(c2ccc4c(c2)c2cc(-c5ccccc5)ccc2n4-c2ccccc2)C13. The summed E-state index contributed by atoms with van der Waals surface area (Å²) in [7, 11) is 0. The standard InChI is InChI=1S/C92H73N3O3/c96-91-70-38-37-69(95-86-51-63(58-23-11-3-12-24-58)35-43-88(86)98-89-44-36-64(52-87(89)95)59-25-13-4-14-26-59)53-72(70)73-54-80-78(55-79(73)91)90-71(65-34-42-85-77(48-65)75-46-61(57-21-9-2-10-22-57)32-40-83(75)94(85)68-29-17-6-18-30-68)49-66(50-81(90)92(80)97)62-33-41-84-76(47-62)74-45-60(56-19-7-1-8-20-56)31-39-82(74)93(84)67-27-15-5-16-28-67/h1-36,39-48,51-52,66,69-73,78-81,90H,37-38,49-50,53-55H2. The van der Waals surface area contributed by atoms with Gasteiger partial charge in [-0.3, -0.25) is 9.59 Å². The van der Waals surface area contributed by atoms with Crippen molar-refractivity contribution in [3.8, 4) is 67.4 Å². The first-order valence-corrected chi connectivity index (χ1v) is 35.7. The van der Waals surface area contributed by atoms with Crippen LogP contribution < -0.4 is 9.64 Å². The Morgan fingerprint density at radius 1 is 0.296 bits per heavy atom. The van der Waals surface area contributed by atoms with Crippen LogP contribution in [0.3, 0.4) is 0 Å². The maximum absolute atomic E-state index is 16.4. The molecule has 6 aliphatic rings. The van der Waals surface area contributed by atoms with E-state index in [2.05, 4.69) is 305 Å². The van der Waals surface area contributed by atoms with Gasteiger partial charge in [-0.15, -0.1) is 0 Å². The minimum absolute atomic E-state index is 0.000407. The number of ketones is 2. The zero-order valence-corrected chi connectivity index (χ0v) is 54.6. The highest BCUT2D eigenvalue weighted by Gasteiger charge is 2.63. The minimum Gasteiger partial charge on any atom is -0.453 e. The summed E-state index contributed by atoms with van der Waals surface area (Å²) >= 11 is 0. The first kappa shape index (κ1) is 57.4. The summed E-state index contributed by atoms with van der Waals surface area (Å²) in [5.74, 6) is 3.16. The number of benzene rings is 12. The number of aromatic nitrogens is 2. The Bertz CT molecular complexity index is 5380. The summed E-state index contributed by atoms with van der Waals surface area (Å²) in [4.78, 5) is 34.6. The van der Waals surface area contributed by atoms with Crippen LogP contribution in [0.1, 0.15) is 67.9 Å². The molecule has 0 amide bonds. The number of anilines is 2. The fraction of sp³-hybridized carbons (Fsp3) is 0.196. The van der Waals surface area contributed by atoms with Crippen molar-refractivity contribution in [2.45, 2.75) is 62.8 Å². The van der Waals surface area contributed by atoms with Crippen molar-refractivity contribution >= 4 is 66.6 Å². The number of para-hydroxylation sites is 2. The predicted octanol–water partition coefficient (Wildman–Crippen LogP) is 22.6. The van der Waals surface area contributed by atoms with Crippen LogP contribution in [0.25, 0.3) is 99.5 Å². The van der Waals surface area contributed by atoms with Gasteiger partial charge in [0.05, 0.1) is 33.4 Å². The molecule has 3 heterocycles. The molecule has 5 aliphatic carbocycles. The molecule has 0 saturated heterocycles. The number of carbonyl (C=O) groups is 2. The van der Waals surface area contributed by atoms with Crippen molar-refractivity contribution in [2.24, 2.45) is 47.3 Å². The molecule has 0 N–H and O–H groups in total. The molecule has 20 rings (SSSR count). The molecule has 474 valence electrons. The smallest absolute Gasteiger partial charge is 0.151 e. The van der Waals surface area contributed by atoms with E-state index in [-0.39, 0.29) is 65.2 Å². The number of fused-ring (bicyclic) bond motifs is 14. The Morgan fingerprint density at radius 2 is 0.684 bits per heavy atom. The van der Waals surface area contributed by atoms with Crippen molar-refractivity contribution in [1.29, 1.82) is 0 Å². The lowest BCUT2D eigenvalue weighted by molar-refractivity contribution is -0.129. The summed E-state index contributed by atoms with van der Waals surface area (Å²) in [6, 6.07) is 106. The first-order chi connectivity index (χ1) is 48.4. The van der Waals surface area contributed by atoms with E-state index >= 15 is 9.59 Å². The van der Waals surface area contributed by atoms with Gasteiger partial charge in [0.2, 0.25) is 0 Å². The molecule has 0 bridgehead atoms. The molecule has 1 aliphatic heterocycles. The van der Waals surface area contributed by atoms with E-state index in [1.54, 1.807) is 0 Å². The van der Waals surface area contributed by atoms with E-state index in [9.17, 15) is 0 Å². The molecular weight excluding hydrogens is 1200 g/mol. The Hall–Kier alpha value is -10.8. The molecule has 12 aromatic carbocycles. The number of ether oxygens (including phenoxy) is 1. The molecule has 5 fully saturated rings. The number of carbonyl (C=O) groups excluding carboxylic acids is 2. The zero-order valence-electron chi connectivity index (χ0n) is 54.6. The van der Waals surface area contributed by atoms with Crippen molar-refractivity contribution in [2.75, 3.05) is 4.90 Å². The van der Waals surface area contributed by atoms with Gasteiger partial charge >= 0.3 is 0 Å². The van der Waals surface area contributed by atoms with Gasteiger partial charge in [-0.2, -0.15) is 0 Å². The summed E-state index contributed by atoms with van der Waals surface area (Å²) in [5.41, 5.74) is 21.1. The van der Waals surface area contributed by atoms with Crippen molar-refractivity contribution in [3.63, 3.8) is 0 Å². The normalized spacial score (nSPS) is 23.8. The third-order valence-corrected chi connectivity index (χ3v) is 24.4. The van der Waals surface area contributed by atoms with Gasteiger partial charge in [-0.05, 0) is 233 Å². The maximum Gasteiger partial charge on any atom is 0.151 e. The molecule has 0 radical (unpaired) electrons. The van der Waals surface area contributed by atoms with Crippen LogP contribution >= 0.6 is 0 Å². The van der Waals surface area contributed by atoms with Crippen molar-refractivity contribution < 1.29 is 14.3 Å². The van der Waals surface area contributed by atoms with E-state index < -0.39 is 0 Å².